The fourth-order valence-electron chi connectivity index (χ4n) is 5.98. The van der Waals surface area contributed by atoms with Crippen molar-refractivity contribution in [2.24, 2.45) is 10.8 Å². The molecular weight excluding hydrogens is 464 g/mol. The normalized spacial score (nSPS) is 23.1. The summed E-state index contributed by atoms with van der Waals surface area (Å²) >= 11 is 0. The summed E-state index contributed by atoms with van der Waals surface area (Å²) in [4.78, 5) is 27.5. The van der Waals surface area contributed by atoms with Crippen molar-refractivity contribution in [3.63, 3.8) is 0 Å². The minimum absolute atomic E-state index is 0.0109. The molecule has 1 N–H and O–H groups in total. The second-order valence-corrected chi connectivity index (χ2v) is 12.9. The number of nitrogens with one attached hydrogen (secondary N) is 1. The number of esters is 1. The molecule has 2 bridgehead atoms. The number of carbonyl (C=O) groups excluding carboxylic acids is 2. The summed E-state index contributed by atoms with van der Waals surface area (Å²) in [5.41, 5.74) is 2.22. The quantitative estimate of drug-likeness (QED) is 0.584. The van der Waals surface area contributed by atoms with Crippen LogP contribution < -0.4 is 4.72 Å². The standard InChI is InChI=1S/C27H34N2O5S/c1-18-7-6-8-21(11-18)28-35(32,33)23-12-20(10-9-19(23)2)25(31)34-15-24(30)29-17-27(5)14-22(29)13-26(3,4)16-27/h6-12,22,28H,13-17H2,1-5H3. The Hall–Kier alpha value is -2.87. The molecule has 7 nitrogen and oxygen atoms in total. The third-order valence-electron chi connectivity index (χ3n) is 7.05. The number of benzene rings is 2. The Morgan fingerprint density at radius 3 is 2.54 bits per heavy atom. The average molecular weight is 499 g/mol. The molecule has 2 fully saturated rings. The van der Waals surface area contributed by atoms with Gasteiger partial charge in [-0.15, -0.1) is 0 Å². The van der Waals surface area contributed by atoms with Crippen molar-refractivity contribution in [3.8, 4) is 0 Å². The Balaban J connectivity index is 1.44. The first-order valence-corrected chi connectivity index (χ1v) is 13.4. The summed E-state index contributed by atoms with van der Waals surface area (Å²) in [7, 11) is -3.92. The number of ether oxygens (including phenoxy) is 1. The van der Waals surface area contributed by atoms with E-state index in [-0.39, 0.29) is 39.8 Å². The molecule has 8 heteroatoms. The second kappa shape index (κ2) is 8.97. The van der Waals surface area contributed by atoms with E-state index >= 15 is 0 Å². The van der Waals surface area contributed by atoms with Crippen LogP contribution in [0.4, 0.5) is 5.69 Å². The van der Waals surface area contributed by atoms with Crippen LogP contribution in [0, 0.1) is 24.7 Å². The van der Waals surface area contributed by atoms with Crippen molar-refractivity contribution >= 4 is 27.6 Å². The summed E-state index contributed by atoms with van der Waals surface area (Å²) in [6.45, 7) is 10.6. The van der Waals surface area contributed by atoms with Gasteiger partial charge < -0.3 is 9.64 Å². The third kappa shape index (κ3) is 5.53. The molecule has 1 heterocycles. The predicted molar refractivity (Wildman–Crippen MR) is 135 cm³/mol. The highest BCUT2D eigenvalue weighted by atomic mass is 32.2. The molecule has 2 aromatic rings. The molecule has 1 amide bonds. The van der Waals surface area contributed by atoms with Gasteiger partial charge in [0.1, 0.15) is 0 Å². The van der Waals surface area contributed by atoms with Gasteiger partial charge in [0.05, 0.1) is 10.5 Å². The van der Waals surface area contributed by atoms with Crippen molar-refractivity contribution in [2.45, 2.75) is 64.8 Å². The van der Waals surface area contributed by atoms with E-state index in [2.05, 4.69) is 25.5 Å². The van der Waals surface area contributed by atoms with Crippen LogP contribution in [0.15, 0.2) is 47.4 Å². The van der Waals surface area contributed by atoms with Gasteiger partial charge in [0.15, 0.2) is 6.61 Å². The van der Waals surface area contributed by atoms with Gasteiger partial charge in [-0.25, -0.2) is 13.2 Å². The molecule has 2 unspecified atom stereocenters. The SMILES string of the molecule is Cc1cccc(NS(=O)(=O)c2cc(C(=O)OCC(=O)N3CC4(C)CC3CC(C)(C)C4)ccc2C)c1. The van der Waals surface area contributed by atoms with E-state index in [9.17, 15) is 18.0 Å². The Kier molecular flexibility index (Phi) is 6.47. The van der Waals surface area contributed by atoms with E-state index in [4.69, 9.17) is 4.74 Å². The first kappa shape index (κ1) is 25.2. The van der Waals surface area contributed by atoms with Crippen molar-refractivity contribution in [2.75, 3.05) is 17.9 Å². The number of likely N-dealkylation sites (tertiary alicyclic amines) is 1. The molecule has 1 aliphatic carbocycles. The Bertz CT molecular complexity index is 1270. The van der Waals surface area contributed by atoms with Crippen LogP contribution in [0.3, 0.4) is 0 Å². The number of fused-ring (bicyclic) bond motifs is 2. The van der Waals surface area contributed by atoms with Crippen molar-refractivity contribution in [1.29, 1.82) is 0 Å². The molecule has 1 aliphatic heterocycles. The monoisotopic (exact) mass is 498 g/mol. The van der Waals surface area contributed by atoms with Gasteiger partial charge in [-0.1, -0.05) is 39.0 Å². The largest absolute Gasteiger partial charge is 0.452 e. The molecule has 35 heavy (non-hydrogen) atoms. The van der Waals surface area contributed by atoms with Crippen molar-refractivity contribution < 1.29 is 22.7 Å². The van der Waals surface area contributed by atoms with Crippen molar-refractivity contribution in [1.82, 2.24) is 4.90 Å². The van der Waals surface area contributed by atoms with Gasteiger partial charge >= 0.3 is 5.97 Å². The maximum absolute atomic E-state index is 13.0. The summed E-state index contributed by atoms with van der Waals surface area (Å²) in [6.07, 6.45) is 2.98. The van der Waals surface area contributed by atoms with Gasteiger partial charge in [-0.05, 0) is 79.3 Å². The number of rotatable bonds is 6. The van der Waals surface area contributed by atoms with Crippen LogP contribution in [0.1, 0.15) is 61.5 Å². The second-order valence-electron chi connectivity index (χ2n) is 11.3. The lowest BCUT2D eigenvalue weighted by atomic mass is 9.65. The number of anilines is 1. The van der Waals surface area contributed by atoms with Crippen LogP contribution in [0.2, 0.25) is 0 Å². The van der Waals surface area contributed by atoms with Gasteiger partial charge in [0.2, 0.25) is 0 Å². The number of amides is 1. The lowest BCUT2D eigenvalue weighted by Crippen LogP contribution is -2.39. The van der Waals surface area contributed by atoms with Crippen LogP contribution in [-0.2, 0) is 19.6 Å². The molecule has 0 radical (unpaired) electrons. The first-order chi connectivity index (χ1) is 16.3. The lowest BCUT2D eigenvalue weighted by Gasteiger charge is -2.39. The van der Waals surface area contributed by atoms with E-state index in [0.29, 0.717) is 17.8 Å². The Labute approximate surface area is 207 Å². The van der Waals surface area contributed by atoms with Gasteiger partial charge in [-0.3, -0.25) is 9.52 Å². The van der Waals surface area contributed by atoms with E-state index in [1.807, 2.05) is 17.9 Å². The van der Waals surface area contributed by atoms with Crippen molar-refractivity contribution in [3.05, 3.63) is 59.2 Å². The molecule has 2 aliphatic rings. The number of carbonyl (C=O) groups is 2. The fraction of sp³-hybridized carbons (Fsp3) is 0.481. The molecular formula is C27H34N2O5S. The molecule has 0 aromatic heterocycles. The van der Waals surface area contributed by atoms with E-state index in [0.717, 1.165) is 24.8 Å². The summed E-state index contributed by atoms with van der Waals surface area (Å²) in [6, 6.07) is 11.6. The molecule has 2 atom stereocenters. The zero-order valence-electron chi connectivity index (χ0n) is 21.1. The van der Waals surface area contributed by atoms with Gasteiger partial charge in [-0.2, -0.15) is 0 Å². The fourth-order valence-corrected chi connectivity index (χ4v) is 7.30. The van der Waals surface area contributed by atoms with Gasteiger partial charge in [0.25, 0.3) is 15.9 Å². The summed E-state index contributed by atoms with van der Waals surface area (Å²) < 4.78 is 33.9. The molecule has 0 spiro atoms. The topological polar surface area (TPSA) is 92.8 Å². The molecule has 4 rings (SSSR count). The van der Waals surface area contributed by atoms with E-state index in [1.165, 1.54) is 12.1 Å². The minimum Gasteiger partial charge on any atom is -0.452 e. The zero-order chi connectivity index (χ0) is 25.6. The van der Waals surface area contributed by atoms with Gasteiger partial charge in [0, 0.05) is 18.3 Å². The summed E-state index contributed by atoms with van der Waals surface area (Å²) in [5, 5.41) is 0. The zero-order valence-corrected chi connectivity index (χ0v) is 21.9. The highest BCUT2D eigenvalue weighted by molar-refractivity contribution is 7.92. The number of hydrogen-bond acceptors (Lipinski definition) is 5. The third-order valence-corrected chi connectivity index (χ3v) is 8.57. The predicted octanol–water partition coefficient (Wildman–Crippen LogP) is 4.69. The Morgan fingerprint density at radius 2 is 1.83 bits per heavy atom. The number of aryl methyl sites for hydroxylation is 2. The smallest absolute Gasteiger partial charge is 0.338 e. The van der Waals surface area contributed by atoms with E-state index < -0.39 is 16.0 Å². The highest BCUT2D eigenvalue weighted by Gasteiger charge is 2.50. The lowest BCUT2D eigenvalue weighted by molar-refractivity contribution is -0.135. The van der Waals surface area contributed by atoms with Crippen LogP contribution >= 0.6 is 0 Å². The van der Waals surface area contributed by atoms with E-state index in [1.54, 1.807) is 31.2 Å². The molecule has 2 aromatic carbocycles. The molecule has 188 valence electrons. The first-order valence-electron chi connectivity index (χ1n) is 11.9. The number of hydrogen-bond donors (Lipinski definition) is 1. The van der Waals surface area contributed by atoms with Crippen LogP contribution in [0.25, 0.3) is 0 Å². The average Bonchev–Trinajstić information content (AvgIpc) is 3.00. The maximum atomic E-state index is 13.0. The number of nitrogens with zero attached hydrogens (tertiary/aromatic N) is 1. The van der Waals surface area contributed by atoms with Crippen LogP contribution in [0.5, 0.6) is 0 Å². The number of sulfonamides is 1. The highest BCUT2D eigenvalue weighted by Crippen LogP contribution is 2.52. The van der Waals surface area contributed by atoms with Crippen LogP contribution in [-0.4, -0.2) is 44.4 Å². The Morgan fingerprint density at radius 1 is 1.09 bits per heavy atom. The molecule has 1 saturated carbocycles. The minimum atomic E-state index is -3.92. The summed E-state index contributed by atoms with van der Waals surface area (Å²) in [5.74, 6) is -0.926. The molecule has 1 saturated heterocycles. The maximum Gasteiger partial charge on any atom is 0.338 e.